The molecule has 1 fully saturated rings. The maximum Gasteiger partial charge on any atom is 0.260 e. The highest BCUT2D eigenvalue weighted by molar-refractivity contribution is 5.92. The van der Waals surface area contributed by atoms with Gasteiger partial charge in [0.05, 0.1) is 16.6 Å². The van der Waals surface area contributed by atoms with Gasteiger partial charge >= 0.3 is 0 Å². The lowest BCUT2D eigenvalue weighted by Crippen LogP contribution is -2.34. The molecule has 7 heteroatoms. The molecule has 0 amide bonds. The molecule has 0 saturated carbocycles. The van der Waals surface area contributed by atoms with Crippen LogP contribution in [0.25, 0.3) is 32.9 Å². The molecule has 4 aromatic rings. The average molecular weight is 389 g/mol. The Hall–Kier alpha value is -3.19. The van der Waals surface area contributed by atoms with Crippen molar-refractivity contribution in [2.24, 2.45) is 7.05 Å². The first-order valence-corrected chi connectivity index (χ1v) is 9.91. The fraction of sp³-hybridized carbons (Fsp3) is 0.318. The van der Waals surface area contributed by atoms with E-state index in [4.69, 9.17) is 0 Å². The van der Waals surface area contributed by atoms with Gasteiger partial charge in [0.25, 0.3) is 5.56 Å². The van der Waals surface area contributed by atoms with Gasteiger partial charge in [0.1, 0.15) is 5.75 Å². The van der Waals surface area contributed by atoms with E-state index in [0.29, 0.717) is 16.6 Å². The topological polar surface area (TPSA) is 85.0 Å². The Morgan fingerprint density at radius 3 is 2.79 bits per heavy atom. The third kappa shape index (κ3) is 2.89. The number of phenols is 1. The molecular weight excluding hydrogens is 366 g/mol. The van der Waals surface area contributed by atoms with E-state index in [-0.39, 0.29) is 17.4 Å². The summed E-state index contributed by atoms with van der Waals surface area (Å²) in [6.45, 7) is 3.72. The van der Waals surface area contributed by atoms with Gasteiger partial charge < -0.3 is 15.0 Å². The maximum absolute atomic E-state index is 13.0. The van der Waals surface area contributed by atoms with E-state index in [1.165, 1.54) is 0 Å². The molecule has 0 aliphatic carbocycles. The number of aromatic nitrogens is 4. The molecule has 0 radical (unpaired) electrons. The summed E-state index contributed by atoms with van der Waals surface area (Å²) in [4.78, 5) is 17.5. The predicted octanol–water partition coefficient (Wildman–Crippen LogP) is 2.89. The van der Waals surface area contributed by atoms with E-state index in [0.717, 1.165) is 47.8 Å². The number of hydrogen-bond acceptors (Lipinski definition) is 5. The molecule has 29 heavy (non-hydrogen) atoms. The fourth-order valence-corrected chi connectivity index (χ4v) is 4.31. The van der Waals surface area contributed by atoms with Gasteiger partial charge in [0, 0.05) is 48.2 Å². The number of nitrogens with one attached hydrogen (secondary N) is 1. The molecule has 0 spiro atoms. The van der Waals surface area contributed by atoms with Crippen LogP contribution >= 0.6 is 0 Å². The van der Waals surface area contributed by atoms with Crippen LogP contribution in [0.2, 0.25) is 0 Å². The minimum atomic E-state index is -0.00318. The van der Waals surface area contributed by atoms with Crippen LogP contribution < -0.4 is 10.9 Å². The summed E-state index contributed by atoms with van der Waals surface area (Å²) in [6.07, 6.45) is 7.35. The first-order chi connectivity index (χ1) is 14.0. The van der Waals surface area contributed by atoms with E-state index in [2.05, 4.69) is 15.4 Å². The van der Waals surface area contributed by atoms with E-state index in [1.54, 1.807) is 10.9 Å². The number of phenolic OH excluding ortho intramolecular Hbond substituents is 1. The van der Waals surface area contributed by atoms with Gasteiger partial charge in [-0.25, -0.2) is 0 Å². The SMILES string of the molecule is Cc1c(O)c(-c2cc3ccn(C4CCNCC4)c(=O)c3cn2)cc2cn(C)nc12. The molecule has 7 nitrogen and oxygen atoms in total. The molecule has 1 aliphatic heterocycles. The van der Waals surface area contributed by atoms with Crippen LogP contribution in [0.3, 0.4) is 0 Å². The van der Waals surface area contributed by atoms with Crippen molar-refractivity contribution in [1.29, 1.82) is 0 Å². The Labute approximate surface area is 167 Å². The lowest BCUT2D eigenvalue weighted by molar-refractivity contribution is 0.362. The maximum atomic E-state index is 13.0. The number of rotatable bonds is 2. The van der Waals surface area contributed by atoms with Crippen molar-refractivity contribution in [3.63, 3.8) is 0 Å². The fourth-order valence-electron chi connectivity index (χ4n) is 4.31. The zero-order chi connectivity index (χ0) is 20.1. The van der Waals surface area contributed by atoms with Crippen molar-refractivity contribution >= 4 is 21.7 Å². The minimum absolute atomic E-state index is 0.00318. The van der Waals surface area contributed by atoms with Crippen LogP contribution in [0.4, 0.5) is 0 Å². The van der Waals surface area contributed by atoms with Crippen LogP contribution in [0.1, 0.15) is 24.4 Å². The van der Waals surface area contributed by atoms with Crippen molar-refractivity contribution in [2.75, 3.05) is 13.1 Å². The van der Waals surface area contributed by atoms with Crippen LogP contribution in [-0.2, 0) is 7.05 Å². The summed E-state index contributed by atoms with van der Waals surface area (Å²) in [6, 6.07) is 5.97. The molecular formula is C22H23N5O2. The number of fused-ring (bicyclic) bond motifs is 2. The summed E-state index contributed by atoms with van der Waals surface area (Å²) in [5, 5.41) is 20.9. The Morgan fingerprint density at radius 2 is 2.00 bits per heavy atom. The van der Waals surface area contributed by atoms with Gasteiger partial charge in [0.2, 0.25) is 0 Å². The second kappa shape index (κ2) is 6.70. The predicted molar refractivity (Wildman–Crippen MR) is 113 cm³/mol. The third-order valence-corrected chi connectivity index (χ3v) is 5.92. The first kappa shape index (κ1) is 17.9. The molecule has 1 aliphatic rings. The smallest absolute Gasteiger partial charge is 0.260 e. The normalized spacial score (nSPS) is 15.4. The Kier molecular flexibility index (Phi) is 4.13. The van der Waals surface area contributed by atoms with Crippen molar-refractivity contribution < 1.29 is 5.11 Å². The summed E-state index contributed by atoms with van der Waals surface area (Å²) < 4.78 is 3.58. The van der Waals surface area contributed by atoms with E-state index >= 15 is 0 Å². The number of benzene rings is 1. The first-order valence-electron chi connectivity index (χ1n) is 9.91. The van der Waals surface area contributed by atoms with Crippen molar-refractivity contribution in [2.45, 2.75) is 25.8 Å². The van der Waals surface area contributed by atoms with Crippen molar-refractivity contribution in [3.05, 3.63) is 52.7 Å². The highest BCUT2D eigenvalue weighted by Gasteiger charge is 2.18. The van der Waals surface area contributed by atoms with Gasteiger partial charge in [-0.1, -0.05) is 0 Å². The van der Waals surface area contributed by atoms with Crippen LogP contribution in [0.15, 0.2) is 41.6 Å². The van der Waals surface area contributed by atoms with E-state index in [9.17, 15) is 9.90 Å². The average Bonchev–Trinajstić information content (AvgIpc) is 3.12. The molecule has 0 unspecified atom stereocenters. The van der Waals surface area contributed by atoms with Crippen molar-refractivity contribution in [3.8, 4) is 17.0 Å². The standard InChI is InChI=1S/C22H23N5O2/c1-13-20-15(12-26(2)25-20)9-17(21(13)28)19-10-14-5-8-27(16-3-6-23-7-4-16)22(29)18(14)11-24-19/h5,8-12,16,23,28H,3-4,6-7H2,1-2H3. The molecule has 1 saturated heterocycles. The highest BCUT2D eigenvalue weighted by Crippen LogP contribution is 2.36. The van der Waals surface area contributed by atoms with Crippen LogP contribution in [0, 0.1) is 6.92 Å². The number of hydrogen-bond donors (Lipinski definition) is 2. The quantitative estimate of drug-likeness (QED) is 0.551. The zero-order valence-corrected chi connectivity index (χ0v) is 16.5. The molecule has 0 atom stereocenters. The van der Waals surface area contributed by atoms with Gasteiger partial charge in [-0.15, -0.1) is 0 Å². The van der Waals surface area contributed by atoms with Gasteiger partial charge in [-0.3, -0.25) is 14.5 Å². The molecule has 148 valence electrons. The zero-order valence-electron chi connectivity index (χ0n) is 16.5. The largest absolute Gasteiger partial charge is 0.507 e. The number of aromatic hydroxyl groups is 1. The van der Waals surface area contributed by atoms with Gasteiger partial charge in [-0.2, -0.15) is 5.10 Å². The minimum Gasteiger partial charge on any atom is -0.507 e. The number of piperidine rings is 1. The molecule has 0 bridgehead atoms. The van der Waals surface area contributed by atoms with Crippen LogP contribution in [0.5, 0.6) is 5.75 Å². The van der Waals surface area contributed by atoms with Crippen molar-refractivity contribution in [1.82, 2.24) is 24.6 Å². The Balaban J connectivity index is 1.63. The summed E-state index contributed by atoms with van der Waals surface area (Å²) in [5.41, 5.74) is 2.78. The van der Waals surface area contributed by atoms with E-state index < -0.39 is 0 Å². The summed E-state index contributed by atoms with van der Waals surface area (Å²) in [7, 11) is 1.86. The molecule has 3 aromatic heterocycles. The van der Waals surface area contributed by atoms with Gasteiger partial charge in [-0.05, 0) is 56.4 Å². The summed E-state index contributed by atoms with van der Waals surface area (Å²) >= 11 is 0. The lowest BCUT2D eigenvalue weighted by Gasteiger charge is -2.25. The molecule has 2 N–H and O–H groups in total. The Morgan fingerprint density at radius 1 is 1.21 bits per heavy atom. The lowest BCUT2D eigenvalue weighted by atomic mass is 10.0. The number of pyridine rings is 2. The Bertz CT molecular complexity index is 1300. The molecule has 4 heterocycles. The van der Waals surface area contributed by atoms with Crippen LogP contribution in [-0.4, -0.2) is 37.5 Å². The monoisotopic (exact) mass is 389 g/mol. The highest BCUT2D eigenvalue weighted by atomic mass is 16.3. The molecule has 1 aromatic carbocycles. The second-order valence-electron chi connectivity index (χ2n) is 7.80. The second-order valence-corrected chi connectivity index (χ2v) is 7.80. The third-order valence-electron chi connectivity index (χ3n) is 5.92. The summed E-state index contributed by atoms with van der Waals surface area (Å²) in [5.74, 6) is 0.172. The van der Waals surface area contributed by atoms with E-state index in [1.807, 2.05) is 49.1 Å². The molecule has 5 rings (SSSR count). The number of aryl methyl sites for hydroxylation is 2. The number of nitrogens with zero attached hydrogens (tertiary/aromatic N) is 4. The van der Waals surface area contributed by atoms with Gasteiger partial charge in [0.15, 0.2) is 0 Å².